The van der Waals surface area contributed by atoms with Crippen molar-refractivity contribution in [3.05, 3.63) is 59.2 Å². The molecule has 1 N–H and O–H groups in total. The minimum atomic E-state index is -0.371. The fourth-order valence-corrected chi connectivity index (χ4v) is 1.77. The van der Waals surface area contributed by atoms with Crippen LogP contribution in [0.3, 0.4) is 0 Å². The SMILES string of the molecule is Cc1cccc(COc2ccc(F)cc2C#CCCO)n1. The summed E-state index contributed by atoms with van der Waals surface area (Å²) in [5.41, 5.74) is 2.18. The number of pyridine rings is 1. The molecule has 0 unspecified atom stereocenters. The van der Waals surface area contributed by atoms with E-state index in [4.69, 9.17) is 9.84 Å². The molecule has 0 saturated heterocycles. The molecule has 2 aromatic rings. The largest absolute Gasteiger partial charge is 0.486 e. The summed E-state index contributed by atoms with van der Waals surface area (Å²) < 4.78 is 19.0. The van der Waals surface area contributed by atoms with Crippen molar-refractivity contribution in [2.45, 2.75) is 20.0 Å². The van der Waals surface area contributed by atoms with Crippen LogP contribution < -0.4 is 4.74 Å². The molecule has 21 heavy (non-hydrogen) atoms. The first-order valence-corrected chi connectivity index (χ1v) is 6.63. The van der Waals surface area contributed by atoms with Crippen LogP contribution in [-0.2, 0) is 6.61 Å². The summed E-state index contributed by atoms with van der Waals surface area (Å²) in [4.78, 5) is 4.34. The minimum Gasteiger partial charge on any atom is -0.486 e. The number of halogens is 1. The number of hydrogen-bond donors (Lipinski definition) is 1. The molecule has 0 atom stereocenters. The molecule has 0 bridgehead atoms. The monoisotopic (exact) mass is 285 g/mol. The first kappa shape index (κ1) is 15.0. The van der Waals surface area contributed by atoms with Gasteiger partial charge in [-0.25, -0.2) is 4.39 Å². The second-order valence-corrected chi connectivity index (χ2v) is 4.47. The van der Waals surface area contributed by atoms with Crippen molar-refractivity contribution in [3.8, 4) is 17.6 Å². The molecule has 0 aliphatic rings. The van der Waals surface area contributed by atoms with Crippen molar-refractivity contribution in [1.82, 2.24) is 4.98 Å². The maximum Gasteiger partial charge on any atom is 0.135 e. The predicted octanol–water partition coefficient (Wildman–Crippen LogP) is 2.84. The second kappa shape index (κ2) is 7.41. The number of rotatable bonds is 4. The summed E-state index contributed by atoms with van der Waals surface area (Å²) in [6.45, 7) is 2.18. The Kier molecular flexibility index (Phi) is 5.30. The van der Waals surface area contributed by atoms with Gasteiger partial charge in [0.15, 0.2) is 0 Å². The molecule has 0 amide bonds. The van der Waals surface area contributed by atoms with Gasteiger partial charge in [0.1, 0.15) is 18.2 Å². The van der Waals surface area contributed by atoms with Crippen molar-refractivity contribution in [2.24, 2.45) is 0 Å². The van der Waals surface area contributed by atoms with Crippen LogP contribution in [0.15, 0.2) is 36.4 Å². The topological polar surface area (TPSA) is 42.4 Å². The fraction of sp³-hybridized carbons (Fsp3) is 0.235. The molecule has 0 aliphatic heterocycles. The van der Waals surface area contributed by atoms with E-state index in [1.165, 1.54) is 12.1 Å². The molecule has 0 radical (unpaired) electrons. The lowest BCUT2D eigenvalue weighted by Gasteiger charge is -2.08. The third-order valence-corrected chi connectivity index (χ3v) is 2.72. The average molecular weight is 285 g/mol. The zero-order chi connectivity index (χ0) is 15.1. The maximum absolute atomic E-state index is 13.3. The Morgan fingerprint density at radius 2 is 2.14 bits per heavy atom. The van der Waals surface area contributed by atoms with Crippen LogP contribution in [0.4, 0.5) is 4.39 Å². The van der Waals surface area contributed by atoms with Gasteiger partial charge < -0.3 is 9.84 Å². The highest BCUT2D eigenvalue weighted by Gasteiger charge is 2.04. The van der Waals surface area contributed by atoms with Gasteiger partial charge in [0.05, 0.1) is 17.9 Å². The van der Waals surface area contributed by atoms with E-state index in [0.29, 0.717) is 24.3 Å². The maximum atomic E-state index is 13.3. The van der Waals surface area contributed by atoms with Crippen molar-refractivity contribution < 1.29 is 14.2 Å². The van der Waals surface area contributed by atoms with Crippen LogP contribution in [0.1, 0.15) is 23.4 Å². The van der Waals surface area contributed by atoms with Gasteiger partial charge in [0, 0.05) is 12.1 Å². The van der Waals surface area contributed by atoms with E-state index in [0.717, 1.165) is 11.4 Å². The number of aryl methyl sites for hydroxylation is 1. The van der Waals surface area contributed by atoms with Gasteiger partial charge in [-0.2, -0.15) is 0 Å². The van der Waals surface area contributed by atoms with Crippen LogP contribution >= 0.6 is 0 Å². The Balaban J connectivity index is 2.14. The lowest BCUT2D eigenvalue weighted by molar-refractivity contribution is 0.299. The molecule has 3 nitrogen and oxygen atoms in total. The Morgan fingerprint density at radius 3 is 2.90 bits per heavy atom. The van der Waals surface area contributed by atoms with Gasteiger partial charge in [0.2, 0.25) is 0 Å². The standard InChI is InChI=1S/C17H16FNO2/c1-13-5-4-7-16(19-13)12-21-17-9-8-15(18)11-14(17)6-2-3-10-20/h4-5,7-9,11,20H,3,10,12H2,1H3. The zero-order valence-corrected chi connectivity index (χ0v) is 11.8. The molecule has 1 heterocycles. The summed E-state index contributed by atoms with van der Waals surface area (Å²) in [7, 11) is 0. The first-order chi connectivity index (χ1) is 10.2. The lowest BCUT2D eigenvalue weighted by Crippen LogP contribution is -2.00. The van der Waals surface area contributed by atoms with Gasteiger partial charge in [0.25, 0.3) is 0 Å². The van der Waals surface area contributed by atoms with E-state index in [1.54, 1.807) is 6.07 Å². The third-order valence-electron chi connectivity index (χ3n) is 2.72. The van der Waals surface area contributed by atoms with E-state index < -0.39 is 0 Å². The average Bonchev–Trinajstić information content (AvgIpc) is 2.47. The van der Waals surface area contributed by atoms with Crippen LogP contribution in [0.5, 0.6) is 5.75 Å². The number of benzene rings is 1. The molecule has 2 rings (SSSR count). The third kappa shape index (κ3) is 4.59. The van der Waals surface area contributed by atoms with Crippen LogP contribution in [0.2, 0.25) is 0 Å². The summed E-state index contributed by atoms with van der Waals surface area (Å²) >= 11 is 0. The highest BCUT2D eigenvalue weighted by Crippen LogP contribution is 2.20. The molecule has 4 heteroatoms. The predicted molar refractivity (Wildman–Crippen MR) is 78.3 cm³/mol. The number of hydrogen-bond acceptors (Lipinski definition) is 3. The molecule has 0 spiro atoms. The summed E-state index contributed by atoms with van der Waals surface area (Å²) in [5, 5.41) is 8.73. The smallest absolute Gasteiger partial charge is 0.135 e. The minimum absolute atomic E-state index is 0.0221. The molecule has 1 aromatic carbocycles. The molecular formula is C17H16FNO2. The number of ether oxygens (including phenoxy) is 1. The quantitative estimate of drug-likeness (QED) is 0.878. The van der Waals surface area contributed by atoms with Gasteiger partial charge in [-0.1, -0.05) is 17.9 Å². The first-order valence-electron chi connectivity index (χ1n) is 6.63. The van der Waals surface area contributed by atoms with Crippen molar-refractivity contribution in [3.63, 3.8) is 0 Å². The molecule has 108 valence electrons. The number of aromatic nitrogens is 1. The summed E-state index contributed by atoms with van der Waals surface area (Å²) in [5.74, 6) is 5.71. The van der Waals surface area contributed by atoms with Crippen LogP contribution in [-0.4, -0.2) is 16.7 Å². The van der Waals surface area contributed by atoms with Crippen LogP contribution in [0.25, 0.3) is 0 Å². The van der Waals surface area contributed by atoms with Crippen molar-refractivity contribution in [1.29, 1.82) is 0 Å². The molecular weight excluding hydrogens is 269 g/mol. The number of aliphatic hydroxyl groups excluding tert-OH is 1. The van der Waals surface area contributed by atoms with E-state index in [1.807, 2.05) is 25.1 Å². The van der Waals surface area contributed by atoms with E-state index in [2.05, 4.69) is 16.8 Å². The number of aliphatic hydroxyl groups is 1. The molecule has 0 aliphatic carbocycles. The zero-order valence-electron chi connectivity index (χ0n) is 11.8. The van der Waals surface area contributed by atoms with Gasteiger partial charge in [-0.15, -0.1) is 0 Å². The highest BCUT2D eigenvalue weighted by atomic mass is 19.1. The van der Waals surface area contributed by atoms with Crippen molar-refractivity contribution >= 4 is 0 Å². The Labute approximate surface area is 123 Å². The van der Waals surface area contributed by atoms with E-state index in [9.17, 15) is 4.39 Å². The highest BCUT2D eigenvalue weighted by molar-refractivity contribution is 5.46. The van der Waals surface area contributed by atoms with Crippen LogP contribution in [0, 0.1) is 24.6 Å². The Morgan fingerprint density at radius 1 is 1.29 bits per heavy atom. The molecule has 0 saturated carbocycles. The van der Waals surface area contributed by atoms with Gasteiger partial charge in [-0.05, 0) is 37.3 Å². The Hall–Kier alpha value is -2.38. The van der Waals surface area contributed by atoms with Gasteiger partial charge in [-0.3, -0.25) is 4.98 Å². The van der Waals surface area contributed by atoms with Gasteiger partial charge >= 0.3 is 0 Å². The van der Waals surface area contributed by atoms with E-state index >= 15 is 0 Å². The van der Waals surface area contributed by atoms with Crippen molar-refractivity contribution in [2.75, 3.05) is 6.61 Å². The summed E-state index contributed by atoms with van der Waals surface area (Å²) in [6, 6.07) is 9.89. The summed E-state index contributed by atoms with van der Waals surface area (Å²) in [6.07, 6.45) is 0.343. The Bertz CT molecular complexity index is 674. The number of nitrogens with zero attached hydrogens (tertiary/aromatic N) is 1. The lowest BCUT2D eigenvalue weighted by atomic mass is 10.2. The fourth-order valence-electron chi connectivity index (χ4n) is 1.77. The molecule has 1 aromatic heterocycles. The molecule has 0 fully saturated rings. The normalized spacial score (nSPS) is 9.86. The second-order valence-electron chi connectivity index (χ2n) is 4.47. The van der Waals surface area contributed by atoms with E-state index in [-0.39, 0.29) is 12.4 Å².